The van der Waals surface area contributed by atoms with Crippen molar-refractivity contribution in [1.29, 1.82) is 0 Å². The minimum Gasteiger partial charge on any atom is -0.748 e. The molecule has 0 unspecified atom stereocenters. The van der Waals surface area contributed by atoms with Crippen molar-refractivity contribution in [3.63, 3.8) is 0 Å². The number of nitrogens with zero attached hydrogens (tertiary/aromatic N) is 4. The van der Waals surface area contributed by atoms with Crippen LogP contribution >= 0.6 is 0 Å². The molecule has 2 aliphatic heterocycles. The summed E-state index contributed by atoms with van der Waals surface area (Å²) in [5, 5.41) is 0. The van der Waals surface area contributed by atoms with E-state index in [4.69, 9.17) is 0 Å². The van der Waals surface area contributed by atoms with Gasteiger partial charge in [0.25, 0.3) is 10.1 Å². The minimum absolute atomic E-state index is 0. The van der Waals surface area contributed by atoms with Crippen molar-refractivity contribution in [3.8, 4) is 0 Å². The van der Waals surface area contributed by atoms with Gasteiger partial charge in [0.2, 0.25) is 5.69 Å². The summed E-state index contributed by atoms with van der Waals surface area (Å²) in [5.41, 5.74) is 4.75. The molecule has 2 aromatic heterocycles. The molecule has 0 saturated heterocycles. The Bertz CT molecular complexity index is 1740. The summed E-state index contributed by atoms with van der Waals surface area (Å²) >= 11 is 0. The Morgan fingerprint density at radius 3 is 2.20 bits per heavy atom. The molecule has 2 aliphatic rings. The molecule has 13 heteroatoms. The molecule has 0 aromatic carbocycles. The van der Waals surface area contributed by atoms with Gasteiger partial charge in [0.05, 0.1) is 32.7 Å². The first-order valence-corrected chi connectivity index (χ1v) is 17.3. The second kappa shape index (κ2) is 14.3. The molecule has 44 heavy (non-hydrogen) atoms. The largest absolute Gasteiger partial charge is 1.00 e. The fraction of sp³-hybridized carbons (Fsp3) is 0.387. The van der Waals surface area contributed by atoms with Crippen LogP contribution in [0.4, 0.5) is 11.4 Å². The molecule has 0 atom stereocenters. The van der Waals surface area contributed by atoms with Gasteiger partial charge in [0, 0.05) is 54.4 Å². The van der Waals surface area contributed by atoms with Gasteiger partial charge in [0.15, 0.2) is 5.71 Å². The Morgan fingerprint density at radius 2 is 1.52 bits per heavy atom. The van der Waals surface area contributed by atoms with Crippen LogP contribution in [0.3, 0.4) is 0 Å². The molecule has 0 radical (unpaired) electrons. The van der Waals surface area contributed by atoms with Crippen molar-refractivity contribution >= 4 is 37.3 Å². The first-order chi connectivity index (χ1) is 20.1. The Hall–Kier alpha value is -2.45. The monoisotopic (exact) mass is 649 g/mol. The van der Waals surface area contributed by atoms with Gasteiger partial charge >= 0.3 is 29.6 Å². The van der Waals surface area contributed by atoms with Gasteiger partial charge < -0.3 is 9.45 Å². The summed E-state index contributed by atoms with van der Waals surface area (Å²) in [6, 6.07) is 7.61. The molecular weight excluding hydrogens is 611 g/mol. The second-order valence-corrected chi connectivity index (χ2v) is 14.7. The number of fused-ring (bicyclic) bond motifs is 2. The third kappa shape index (κ3) is 8.42. The minimum atomic E-state index is -4.30. The summed E-state index contributed by atoms with van der Waals surface area (Å²) in [5.74, 6) is -0.740. The van der Waals surface area contributed by atoms with Gasteiger partial charge in [0.1, 0.15) is 12.2 Å². The standard InChI is InChI=1S/C31H38N4O6S2.Na/c1-30(2)26(34(20-12-22-42(36,37)38)24-14-10-18-32-28(24)30)16-8-6-5-7-9-17-27-31(3,4)29-25(15-11-19-33-29)35(27)21-13-23-43(39,40)41;/h5-11,14-19H,12-13,20-23H2,1-4H3,(H-,36,37,38,39,40,41);/q;+1. The molecule has 0 saturated carbocycles. The van der Waals surface area contributed by atoms with Crippen LogP contribution < -0.4 is 34.5 Å². The molecule has 0 fully saturated rings. The van der Waals surface area contributed by atoms with Crippen LogP contribution in [0.5, 0.6) is 0 Å². The zero-order chi connectivity index (χ0) is 31.5. The van der Waals surface area contributed by atoms with E-state index in [2.05, 4.69) is 42.6 Å². The van der Waals surface area contributed by atoms with E-state index in [0.717, 1.165) is 34.2 Å². The predicted molar refractivity (Wildman–Crippen MR) is 167 cm³/mol. The van der Waals surface area contributed by atoms with E-state index < -0.39 is 36.8 Å². The summed E-state index contributed by atoms with van der Waals surface area (Å²) in [7, 11) is -8.35. The maximum Gasteiger partial charge on any atom is 1.00 e. The van der Waals surface area contributed by atoms with Gasteiger partial charge in [-0.1, -0.05) is 30.4 Å². The van der Waals surface area contributed by atoms with Gasteiger partial charge in [-0.2, -0.15) is 13.0 Å². The van der Waals surface area contributed by atoms with Gasteiger partial charge in [-0.05, 0) is 58.4 Å². The number of rotatable bonds is 12. The van der Waals surface area contributed by atoms with E-state index in [1.165, 1.54) is 0 Å². The number of aromatic nitrogens is 2. The van der Waals surface area contributed by atoms with Gasteiger partial charge in [-0.25, -0.2) is 8.42 Å². The van der Waals surface area contributed by atoms with Crippen LogP contribution in [0.2, 0.25) is 0 Å². The fourth-order valence-electron chi connectivity index (χ4n) is 5.74. The SMILES string of the molecule is CC1(C)C(=CC=CC=CC=CC2=[N+](CCCS(=O)(=O)[O-])c3cccnc3C2(C)C)N(CCCS(=O)(=O)O)c2cccnc21.[Na+]. The molecule has 10 nitrogen and oxygen atoms in total. The van der Waals surface area contributed by atoms with Crippen LogP contribution in [-0.2, 0) is 31.1 Å². The maximum absolute atomic E-state index is 11.3. The molecule has 1 N–H and O–H groups in total. The van der Waals surface area contributed by atoms with Crippen LogP contribution in [-0.4, -0.2) is 70.8 Å². The summed E-state index contributed by atoms with van der Waals surface area (Å²) in [4.78, 5) is 11.2. The average Bonchev–Trinajstić information content (AvgIpc) is 3.26. The van der Waals surface area contributed by atoms with E-state index in [-0.39, 0.29) is 48.2 Å². The Kier molecular flexibility index (Phi) is 11.7. The smallest absolute Gasteiger partial charge is 0.748 e. The Labute approximate surface area is 282 Å². The quantitative estimate of drug-likeness (QED) is 0.156. The molecule has 4 rings (SSSR count). The molecule has 230 valence electrons. The Balaban J connectivity index is 0.00000529. The molecular formula is C31H38N4NaO6S2+. The zero-order valence-electron chi connectivity index (χ0n) is 25.8. The van der Waals surface area contributed by atoms with Crippen LogP contribution in [0.25, 0.3) is 0 Å². The van der Waals surface area contributed by atoms with Crippen molar-refractivity contribution in [1.82, 2.24) is 9.97 Å². The van der Waals surface area contributed by atoms with E-state index in [9.17, 15) is 25.9 Å². The van der Waals surface area contributed by atoms with Crippen molar-refractivity contribution < 1.29 is 60.1 Å². The number of allylic oxidation sites excluding steroid dienone is 8. The van der Waals surface area contributed by atoms with Crippen LogP contribution in [0.15, 0.2) is 84.9 Å². The number of anilines is 1. The van der Waals surface area contributed by atoms with E-state index in [1.807, 2.05) is 71.4 Å². The first kappa shape index (κ1) is 36.0. The molecule has 0 amide bonds. The van der Waals surface area contributed by atoms with Crippen LogP contribution in [0, 0.1) is 0 Å². The maximum atomic E-state index is 11.3. The van der Waals surface area contributed by atoms with Crippen molar-refractivity contribution in [2.24, 2.45) is 0 Å². The van der Waals surface area contributed by atoms with E-state index in [1.54, 1.807) is 12.4 Å². The average molecular weight is 650 g/mol. The number of hydrogen-bond donors (Lipinski definition) is 1. The summed E-state index contributed by atoms with van der Waals surface area (Å²) in [6.45, 7) is 9.08. The normalized spacial score (nSPS) is 18.5. The third-order valence-electron chi connectivity index (χ3n) is 7.71. The molecule has 2 aromatic rings. The molecule has 0 spiro atoms. The van der Waals surface area contributed by atoms with Crippen molar-refractivity contribution in [3.05, 3.63) is 96.3 Å². The first-order valence-electron chi connectivity index (χ1n) is 14.1. The topological polar surface area (TPSA) is 144 Å². The second-order valence-electron chi connectivity index (χ2n) is 11.6. The summed E-state index contributed by atoms with van der Waals surface area (Å²) in [6.07, 6.45) is 17.5. The predicted octanol–water partition coefficient (Wildman–Crippen LogP) is 1.42. The van der Waals surface area contributed by atoms with E-state index >= 15 is 0 Å². The fourth-order valence-corrected chi connectivity index (χ4v) is 6.71. The van der Waals surface area contributed by atoms with E-state index in [0.29, 0.717) is 13.1 Å². The number of hydrogen-bond acceptors (Lipinski definition) is 8. The van der Waals surface area contributed by atoms with Crippen LogP contribution in [0.1, 0.15) is 51.9 Å². The van der Waals surface area contributed by atoms with Gasteiger partial charge in [-0.3, -0.25) is 14.5 Å². The molecule has 0 aliphatic carbocycles. The van der Waals surface area contributed by atoms with Gasteiger partial charge in [-0.15, -0.1) is 0 Å². The van der Waals surface area contributed by atoms with Crippen molar-refractivity contribution in [2.75, 3.05) is 29.5 Å². The molecule has 4 heterocycles. The van der Waals surface area contributed by atoms with Crippen molar-refractivity contribution in [2.45, 2.75) is 51.4 Å². The molecule has 0 bridgehead atoms. The third-order valence-corrected chi connectivity index (χ3v) is 9.31. The number of pyridine rings is 2. The summed E-state index contributed by atoms with van der Waals surface area (Å²) < 4.78 is 67.3. The zero-order valence-corrected chi connectivity index (χ0v) is 29.5. The Morgan fingerprint density at radius 1 is 0.886 bits per heavy atom.